The Kier molecular flexibility index (Phi) is 57.8. The zero-order valence-corrected chi connectivity index (χ0v) is 52.6. The molecule has 3 atom stereocenters. The van der Waals surface area contributed by atoms with Gasteiger partial charge in [-0.1, -0.05) is 334 Å². The van der Waals surface area contributed by atoms with Crippen molar-refractivity contribution in [3.63, 3.8) is 0 Å². The third kappa shape index (κ3) is 60.6. The first-order chi connectivity index (χ1) is 37.0. The third-order valence-electron chi connectivity index (χ3n) is 15.7. The molecule has 0 aliphatic rings. The molecular formula is C67H133N2O6P. The summed E-state index contributed by atoms with van der Waals surface area (Å²) in [5.74, 6) is -0.199. The van der Waals surface area contributed by atoms with Gasteiger partial charge in [0.25, 0.3) is 7.82 Å². The maximum Gasteiger partial charge on any atom is 0.268 e. The maximum atomic E-state index is 13.0. The Morgan fingerprint density at radius 3 is 1.07 bits per heavy atom. The molecule has 0 aliphatic carbocycles. The van der Waals surface area contributed by atoms with Crippen molar-refractivity contribution in [1.82, 2.24) is 5.32 Å². The highest BCUT2D eigenvalue weighted by Crippen LogP contribution is 2.38. The SMILES string of the molecule is CCCCCCCCCCCCCC/C=C/CC/C=C/C(O)C(COP(=O)([O-])OCC[N+](C)(C)C)NC(=O)CCCCCCCCCCCCCCCCCCCCCCCCCCCCCCCCCCCCCC. The summed E-state index contributed by atoms with van der Waals surface area (Å²) >= 11 is 0. The van der Waals surface area contributed by atoms with Crippen molar-refractivity contribution in [2.75, 3.05) is 40.9 Å². The van der Waals surface area contributed by atoms with Crippen molar-refractivity contribution < 1.29 is 32.9 Å². The Balaban J connectivity index is 3.96. The third-order valence-corrected chi connectivity index (χ3v) is 16.6. The van der Waals surface area contributed by atoms with E-state index in [0.717, 1.165) is 38.5 Å². The van der Waals surface area contributed by atoms with Gasteiger partial charge in [0.1, 0.15) is 13.2 Å². The molecule has 0 aromatic heterocycles. The predicted octanol–water partition coefficient (Wildman–Crippen LogP) is 20.5. The molecule has 8 nitrogen and oxygen atoms in total. The van der Waals surface area contributed by atoms with Gasteiger partial charge in [0.15, 0.2) is 0 Å². The average molecular weight is 1090 g/mol. The first-order valence-corrected chi connectivity index (χ1v) is 35.2. The van der Waals surface area contributed by atoms with Gasteiger partial charge >= 0.3 is 0 Å². The van der Waals surface area contributed by atoms with Crippen molar-refractivity contribution in [2.45, 2.75) is 360 Å². The molecule has 9 heteroatoms. The van der Waals surface area contributed by atoms with E-state index in [9.17, 15) is 19.4 Å². The predicted molar refractivity (Wildman–Crippen MR) is 330 cm³/mol. The zero-order valence-electron chi connectivity index (χ0n) is 51.7. The summed E-state index contributed by atoms with van der Waals surface area (Å²) < 4.78 is 23.4. The molecule has 0 aromatic carbocycles. The van der Waals surface area contributed by atoms with E-state index in [0.29, 0.717) is 17.4 Å². The number of allylic oxidation sites excluding steroid dienone is 3. The van der Waals surface area contributed by atoms with Crippen LogP contribution in [0.25, 0.3) is 0 Å². The van der Waals surface area contributed by atoms with Gasteiger partial charge in [-0.2, -0.15) is 0 Å². The number of hydrogen-bond acceptors (Lipinski definition) is 6. The van der Waals surface area contributed by atoms with Gasteiger partial charge in [0.2, 0.25) is 5.91 Å². The lowest BCUT2D eigenvalue weighted by Crippen LogP contribution is -2.45. The second kappa shape index (κ2) is 58.6. The smallest absolute Gasteiger partial charge is 0.268 e. The van der Waals surface area contributed by atoms with Crippen molar-refractivity contribution in [1.29, 1.82) is 0 Å². The second-order valence-electron chi connectivity index (χ2n) is 24.5. The van der Waals surface area contributed by atoms with E-state index < -0.39 is 20.0 Å². The Hall–Kier alpha value is -1.02. The van der Waals surface area contributed by atoms with Gasteiger partial charge in [-0.15, -0.1) is 0 Å². The number of carbonyl (C=O) groups excluding carboxylic acids is 1. The van der Waals surface area contributed by atoms with Gasteiger partial charge < -0.3 is 28.8 Å². The van der Waals surface area contributed by atoms with Gasteiger partial charge in [-0.25, -0.2) is 0 Å². The summed E-state index contributed by atoms with van der Waals surface area (Å²) in [4.78, 5) is 25.5. The van der Waals surface area contributed by atoms with Crippen molar-refractivity contribution in [2.24, 2.45) is 0 Å². The summed E-state index contributed by atoms with van der Waals surface area (Å²) in [5, 5.41) is 13.9. The molecule has 0 saturated carbocycles. The summed E-state index contributed by atoms with van der Waals surface area (Å²) in [6.07, 6.45) is 76.0. The number of hydrogen-bond donors (Lipinski definition) is 2. The number of nitrogens with one attached hydrogen (secondary N) is 1. The quantitative estimate of drug-likeness (QED) is 0.0272. The van der Waals surface area contributed by atoms with Crippen LogP contribution in [0, 0.1) is 0 Å². The zero-order chi connectivity index (χ0) is 55.6. The fraction of sp³-hybridized carbons (Fsp3) is 0.925. The minimum Gasteiger partial charge on any atom is -0.756 e. The van der Waals surface area contributed by atoms with Crippen LogP contribution >= 0.6 is 7.82 Å². The lowest BCUT2D eigenvalue weighted by molar-refractivity contribution is -0.870. The molecule has 0 aliphatic heterocycles. The minimum atomic E-state index is -4.60. The van der Waals surface area contributed by atoms with Gasteiger partial charge in [0.05, 0.1) is 39.9 Å². The molecule has 0 saturated heterocycles. The highest BCUT2D eigenvalue weighted by atomic mass is 31.2. The molecule has 0 spiro atoms. The van der Waals surface area contributed by atoms with Crippen LogP contribution in [0.1, 0.15) is 348 Å². The topological polar surface area (TPSA) is 108 Å². The number of phosphoric ester groups is 1. The van der Waals surface area contributed by atoms with E-state index >= 15 is 0 Å². The Morgan fingerprint density at radius 1 is 0.447 bits per heavy atom. The van der Waals surface area contributed by atoms with Crippen LogP contribution in [0.3, 0.4) is 0 Å². The van der Waals surface area contributed by atoms with E-state index in [4.69, 9.17) is 9.05 Å². The highest BCUT2D eigenvalue weighted by molar-refractivity contribution is 7.45. The minimum absolute atomic E-state index is 0.00362. The molecule has 0 radical (unpaired) electrons. The molecule has 2 N–H and O–H groups in total. The number of rotatable bonds is 63. The molecule has 0 rings (SSSR count). The summed E-state index contributed by atoms with van der Waals surface area (Å²) in [6, 6.07) is -0.901. The van der Waals surface area contributed by atoms with E-state index in [2.05, 4.69) is 31.3 Å². The summed E-state index contributed by atoms with van der Waals surface area (Å²) in [7, 11) is 1.26. The van der Waals surface area contributed by atoms with Crippen molar-refractivity contribution in [3.8, 4) is 0 Å². The molecule has 76 heavy (non-hydrogen) atoms. The summed E-state index contributed by atoms with van der Waals surface area (Å²) in [5.41, 5.74) is 0. The number of unbranched alkanes of at least 4 members (excludes halogenated alkanes) is 48. The number of aliphatic hydroxyl groups excluding tert-OH is 1. The van der Waals surface area contributed by atoms with Crippen LogP contribution in [-0.4, -0.2) is 68.5 Å². The van der Waals surface area contributed by atoms with E-state index in [-0.39, 0.29) is 19.1 Å². The maximum absolute atomic E-state index is 13.0. The standard InChI is InChI=1S/C67H133N2O6P/c1-6-8-10-12-14-16-18-20-22-24-26-27-28-29-30-31-32-33-34-35-36-37-38-39-40-41-42-43-45-47-49-51-53-55-57-59-61-67(71)68-65(64-75-76(72,73)74-63-62-69(3,4)5)66(70)60-58-56-54-52-50-48-46-44-25-23-21-19-17-15-13-11-9-7-2/h50,52,58,60,65-66,70H,6-49,51,53-57,59,61-64H2,1-5H3,(H-,68,71,72,73)/b52-50+,60-58+. The number of nitrogens with zero attached hydrogens (tertiary/aromatic N) is 1. The molecule has 0 aromatic rings. The molecule has 0 bridgehead atoms. The van der Waals surface area contributed by atoms with Gasteiger partial charge in [-0.05, 0) is 32.1 Å². The summed E-state index contributed by atoms with van der Waals surface area (Å²) in [6.45, 7) is 4.68. The monoisotopic (exact) mass is 1090 g/mol. The lowest BCUT2D eigenvalue weighted by atomic mass is 10.0. The number of phosphoric acid groups is 1. The van der Waals surface area contributed by atoms with Crippen LogP contribution in [0.15, 0.2) is 24.3 Å². The Morgan fingerprint density at radius 2 is 0.737 bits per heavy atom. The number of quaternary nitrogens is 1. The van der Waals surface area contributed by atoms with Crippen molar-refractivity contribution >= 4 is 13.7 Å². The van der Waals surface area contributed by atoms with E-state index in [1.165, 1.54) is 289 Å². The van der Waals surface area contributed by atoms with Crippen LogP contribution in [-0.2, 0) is 18.4 Å². The molecule has 0 fully saturated rings. The van der Waals surface area contributed by atoms with Crippen LogP contribution in [0.4, 0.5) is 0 Å². The lowest BCUT2D eigenvalue weighted by Gasteiger charge is -2.29. The molecule has 1 amide bonds. The van der Waals surface area contributed by atoms with Crippen molar-refractivity contribution in [3.05, 3.63) is 24.3 Å². The largest absolute Gasteiger partial charge is 0.756 e. The van der Waals surface area contributed by atoms with Gasteiger partial charge in [-0.3, -0.25) is 9.36 Å². The average Bonchev–Trinajstić information content (AvgIpc) is 3.38. The first-order valence-electron chi connectivity index (χ1n) is 33.7. The van der Waals surface area contributed by atoms with Crippen LogP contribution < -0.4 is 10.2 Å². The Bertz CT molecular complexity index is 1290. The van der Waals surface area contributed by atoms with Crippen LogP contribution in [0.5, 0.6) is 0 Å². The molecule has 452 valence electrons. The first kappa shape index (κ1) is 75.0. The number of aliphatic hydroxyl groups is 1. The molecule has 3 unspecified atom stereocenters. The van der Waals surface area contributed by atoms with Gasteiger partial charge in [0, 0.05) is 6.42 Å². The number of amides is 1. The Labute approximate surface area is 474 Å². The number of carbonyl (C=O) groups is 1. The fourth-order valence-electron chi connectivity index (χ4n) is 10.4. The van der Waals surface area contributed by atoms with E-state index in [1.807, 2.05) is 27.2 Å². The molecule has 0 heterocycles. The molecular weight excluding hydrogens is 960 g/mol. The normalized spacial score (nSPS) is 13.8. The number of likely N-dealkylation sites (N-methyl/N-ethyl adjacent to an activating group) is 1. The fourth-order valence-corrected chi connectivity index (χ4v) is 11.1. The van der Waals surface area contributed by atoms with E-state index in [1.54, 1.807) is 6.08 Å². The highest BCUT2D eigenvalue weighted by Gasteiger charge is 2.23. The second-order valence-corrected chi connectivity index (χ2v) is 25.9. The van der Waals surface area contributed by atoms with Crippen LogP contribution in [0.2, 0.25) is 0 Å².